The number of carbonyl (C=O) groups is 1. The van der Waals surface area contributed by atoms with E-state index in [1.807, 2.05) is 31.2 Å². The Kier molecular flexibility index (Phi) is 6.36. The number of amides is 1. The molecule has 19 heavy (non-hydrogen) atoms. The molecule has 0 heterocycles. The van der Waals surface area contributed by atoms with Gasteiger partial charge in [0, 0.05) is 6.04 Å². The minimum Gasteiger partial charge on any atom is -0.484 e. The van der Waals surface area contributed by atoms with Crippen LogP contribution in [-0.2, 0) is 11.2 Å². The van der Waals surface area contributed by atoms with Gasteiger partial charge in [0.05, 0.1) is 0 Å². The fraction of sp³-hybridized carbons (Fsp3) is 0.533. The molecule has 0 aliphatic heterocycles. The van der Waals surface area contributed by atoms with E-state index in [0.29, 0.717) is 18.2 Å². The normalized spacial score (nSPS) is 12.3. The van der Waals surface area contributed by atoms with Gasteiger partial charge < -0.3 is 15.8 Å². The van der Waals surface area contributed by atoms with Crippen molar-refractivity contribution in [2.45, 2.75) is 33.2 Å². The number of rotatable bonds is 7. The van der Waals surface area contributed by atoms with Gasteiger partial charge in [0.2, 0.25) is 0 Å². The van der Waals surface area contributed by atoms with E-state index in [-0.39, 0.29) is 18.6 Å². The van der Waals surface area contributed by atoms with Gasteiger partial charge in [-0.1, -0.05) is 26.0 Å². The van der Waals surface area contributed by atoms with E-state index in [4.69, 9.17) is 10.5 Å². The first kappa shape index (κ1) is 15.5. The SMILES string of the molecule is CC(C)C(C)NC(=O)COc1ccc(CCN)cc1. The van der Waals surface area contributed by atoms with Crippen molar-refractivity contribution >= 4 is 5.91 Å². The lowest BCUT2D eigenvalue weighted by Crippen LogP contribution is -2.38. The molecular formula is C15H24N2O2. The van der Waals surface area contributed by atoms with Crippen LogP contribution in [0.5, 0.6) is 5.75 Å². The second-order valence-electron chi connectivity index (χ2n) is 5.07. The number of benzene rings is 1. The molecule has 0 aliphatic carbocycles. The standard InChI is InChI=1S/C15H24N2O2/c1-11(2)12(3)17-15(18)10-19-14-6-4-13(5-7-14)8-9-16/h4-7,11-12H,8-10,16H2,1-3H3,(H,17,18). The zero-order valence-corrected chi connectivity index (χ0v) is 12.0. The smallest absolute Gasteiger partial charge is 0.258 e. The Morgan fingerprint density at radius 3 is 2.42 bits per heavy atom. The van der Waals surface area contributed by atoms with Crippen molar-refractivity contribution in [3.05, 3.63) is 29.8 Å². The summed E-state index contributed by atoms with van der Waals surface area (Å²) in [7, 11) is 0. The average molecular weight is 264 g/mol. The molecule has 1 atom stereocenters. The van der Waals surface area contributed by atoms with Gasteiger partial charge in [0.15, 0.2) is 6.61 Å². The number of nitrogens with one attached hydrogen (secondary N) is 1. The highest BCUT2D eigenvalue weighted by molar-refractivity contribution is 5.77. The summed E-state index contributed by atoms with van der Waals surface area (Å²) in [5, 5.41) is 2.90. The van der Waals surface area contributed by atoms with Gasteiger partial charge >= 0.3 is 0 Å². The quantitative estimate of drug-likeness (QED) is 0.788. The summed E-state index contributed by atoms with van der Waals surface area (Å²) in [5.74, 6) is 1.03. The van der Waals surface area contributed by atoms with Crippen LogP contribution in [0.1, 0.15) is 26.3 Å². The summed E-state index contributed by atoms with van der Waals surface area (Å²) in [6.45, 7) is 6.82. The first-order chi connectivity index (χ1) is 9.02. The van der Waals surface area contributed by atoms with E-state index in [2.05, 4.69) is 19.2 Å². The van der Waals surface area contributed by atoms with Crippen molar-refractivity contribution in [1.82, 2.24) is 5.32 Å². The molecule has 1 aromatic carbocycles. The summed E-state index contributed by atoms with van der Waals surface area (Å²) in [6.07, 6.45) is 0.854. The predicted octanol–water partition coefficient (Wildman–Crippen LogP) is 1.73. The Bertz CT molecular complexity index is 388. The van der Waals surface area contributed by atoms with Crippen LogP contribution in [0.25, 0.3) is 0 Å². The zero-order valence-electron chi connectivity index (χ0n) is 12.0. The molecule has 0 bridgehead atoms. The molecular weight excluding hydrogens is 240 g/mol. The second kappa shape index (κ2) is 7.79. The van der Waals surface area contributed by atoms with Crippen LogP contribution in [0.2, 0.25) is 0 Å². The highest BCUT2D eigenvalue weighted by Crippen LogP contribution is 2.12. The molecule has 0 saturated carbocycles. The van der Waals surface area contributed by atoms with Gasteiger partial charge in [-0.15, -0.1) is 0 Å². The molecule has 0 aromatic heterocycles. The van der Waals surface area contributed by atoms with Gasteiger partial charge in [-0.05, 0) is 43.5 Å². The number of nitrogens with two attached hydrogens (primary N) is 1. The van der Waals surface area contributed by atoms with E-state index >= 15 is 0 Å². The van der Waals surface area contributed by atoms with Crippen LogP contribution in [0.3, 0.4) is 0 Å². The topological polar surface area (TPSA) is 64.3 Å². The number of carbonyl (C=O) groups excluding carboxylic acids is 1. The third-order valence-electron chi connectivity index (χ3n) is 3.11. The summed E-state index contributed by atoms with van der Waals surface area (Å²) in [4.78, 5) is 11.6. The Labute approximate surface area is 115 Å². The molecule has 0 aliphatic rings. The Balaban J connectivity index is 2.37. The van der Waals surface area contributed by atoms with Gasteiger partial charge in [-0.25, -0.2) is 0 Å². The van der Waals surface area contributed by atoms with Gasteiger partial charge in [-0.3, -0.25) is 4.79 Å². The number of ether oxygens (including phenoxy) is 1. The Hall–Kier alpha value is -1.55. The average Bonchev–Trinajstić information content (AvgIpc) is 2.38. The van der Waals surface area contributed by atoms with Gasteiger partial charge in [-0.2, -0.15) is 0 Å². The van der Waals surface area contributed by atoms with Crippen LogP contribution in [0.15, 0.2) is 24.3 Å². The molecule has 1 aromatic rings. The minimum atomic E-state index is -0.0905. The maximum atomic E-state index is 11.6. The minimum absolute atomic E-state index is 0.0489. The highest BCUT2D eigenvalue weighted by Gasteiger charge is 2.10. The number of hydrogen-bond acceptors (Lipinski definition) is 3. The molecule has 0 fully saturated rings. The van der Waals surface area contributed by atoms with Crippen LogP contribution in [0.4, 0.5) is 0 Å². The molecule has 4 nitrogen and oxygen atoms in total. The summed E-state index contributed by atoms with van der Waals surface area (Å²) in [5.41, 5.74) is 6.66. The largest absolute Gasteiger partial charge is 0.484 e. The lowest BCUT2D eigenvalue weighted by molar-refractivity contribution is -0.124. The molecule has 1 unspecified atom stereocenters. The van der Waals surface area contributed by atoms with E-state index in [9.17, 15) is 4.79 Å². The third kappa shape index (κ3) is 5.75. The number of hydrogen-bond donors (Lipinski definition) is 2. The molecule has 106 valence electrons. The van der Waals surface area contributed by atoms with Crippen molar-refractivity contribution in [1.29, 1.82) is 0 Å². The predicted molar refractivity (Wildman–Crippen MR) is 77.1 cm³/mol. The van der Waals surface area contributed by atoms with E-state index < -0.39 is 0 Å². The van der Waals surface area contributed by atoms with Gasteiger partial charge in [0.1, 0.15) is 5.75 Å². The fourth-order valence-electron chi connectivity index (χ4n) is 1.53. The zero-order chi connectivity index (χ0) is 14.3. The molecule has 1 rings (SSSR count). The Morgan fingerprint density at radius 1 is 1.26 bits per heavy atom. The molecule has 4 heteroatoms. The van der Waals surface area contributed by atoms with E-state index in [1.54, 1.807) is 0 Å². The van der Waals surface area contributed by atoms with Crippen molar-refractivity contribution in [3.8, 4) is 5.75 Å². The van der Waals surface area contributed by atoms with Crippen LogP contribution in [0, 0.1) is 5.92 Å². The monoisotopic (exact) mass is 264 g/mol. The lowest BCUT2D eigenvalue weighted by Gasteiger charge is -2.17. The fourth-order valence-corrected chi connectivity index (χ4v) is 1.53. The van der Waals surface area contributed by atoms with Gasteiger partial charge in [0.25, 0.3) is 5.91 Å². The highest BCUT2D eigenvalue weighted by atomic mass is 16.5. The Morgan fingerprint density at radius 2 is 1.89 bits per heavy atom. The summed E-state index contributed by atoms with van der Waals surface area (Å²) < 4.78 is 5.44. The first-order valence-corrected chi connectivity index (χ1v) is 6.74. The maximum absolute atomic E-state index is 11.6. The van der Waals surface area contributed by atoms with E-state index in [0.717, 1.165) is 6.42 Å². The molecule has 1 amide bonds. The maximum Gasteiger partial charge on any atom is 0.258 e. The molecule has 0 radical (unpaired) electrons. The van der Waals surface area contributed by atoms with E-state index in [1.165, 1.54) is 5.56 Å². The van der Waals surface area contributed by atoms with Crippen molar-refractivity contribution in [3.63, 3.8) is 0 Å². The van der Waals surface area contributed by atoms with Crippen LogP contribution in [-0.4, -0.2) is 25.1 Å². The lowest BCUT2D eigenvalue weighted by atomic mass is 10.1. The van der Waals surface area contributed by atoms with Crippen LogP contribution < -0.4 is 15.8 Å². The summed E-state index contributed by atoms with van der Waals surface area (Å²) >= 11 is 0. The first-order valence-electron chi connectivity index (χ1n) is 6.74. The molecule has 0 saturated heterocycles. The summed E-state index contributed by atoms with van der Waals surface area (Å²) in [6, 6.07) is 7.82. The third-order valence-corrected chi connectivity index (χ3v) is 3.11. The van der Waals surface area contributed by atoms with Crippen molar-refractivity contribution in [2.24, 2.45) is 11.7 Å². The molecule has 0 spiro atoms. The van der Waals surface area contributed by atoms with Crippen LogP contribution >= 0.6 is 0 Å². The van der Waals surface area contributed by atoms with Crippen molar-refractivity contribution in [2.75, 3.05) is 13.2 Å². The molecule has 3 N–H and O–H groups in total. The second-order valence-corrected chi connectivity index (χ2v) is 5.07. The van der Waals surface area contributed by atoms with Crippen molar-refractivity contribution < 1.29 is 9.53 Å².